The van der Waals surface area contributed by atoms with Gasteiger partial charge in [0.25, 0.3) is 0 Å². The number of hydrogen-bond donors (Lipinski definition) is 2. The van der Waals surface area contributed by atoms with E-state index in [1.54, 1.807) is 7.11 Å². The normalized spacial score (nSPS) is 23.4. The fourth-order valence-electron chi connectivity index (χ4n) is 2.87. The van der Waals surface area contributed by atoms with Crippen LogP contribution in [-0.4, -0.2) is 47.1 Å². The number of primary amides is 1. The lowest BCUT2D eigenvalue weighted by Gasteiger charge is -2.14. The van der Waals surface area contributed by atoms with Crippen LogP contribution in [0.5, 0.6) is 0 Å². The SMILES string of the molecule is CCc1nc(CN2C[C@@H](CC(N)=O)[C@@H](OC)C2)c(C)[nH]1. The molecule has 112 valence electrons. The van der Waals surface area contributed by atoms with Gasteiger partial charge in [-0.2, -0.15) is 0 Å². The van der Waals surface area contributed by atoms with Crippen LogP contribution in [0.1, 0.15) is 30.6 Å². The summed E-state index contributed by atoms with van der Waals surface area (Å²) < 4.78 is 5.47. The maximum absolute atomic E-state index is 11.1. The number of rotatable bonds is 6. The topological polar surface area (TPSA) is 84.2 Å². The molecule has 3 N–H and O–H groups in total. The quantitative estimate of drug-likeness (QED) is 0.799. The van der Waals surface area contributed by atoms with Crippen molar-refractivity contribution in [1.82, 2.24) is 14.9 Å². The maximum Gasteiger partial charge on any atom is 0.217 e. The molecule has 0 saturated carbocycles. The number of nitrogens with two attached hydrogens (primary N) is 1. The van der Waals surface area contributed by atoms with Crippen LogP contribution < -0.4 is 5.73 Å². The molecular weight excluding hydrogens is 256 g/mol. The number of ether oxygens (including phenoxy) is 1. The molecule has 2 atom stereocenters. The second kappa shape index (κ2) is 6.37. The van der Waals surface area contributed by atoms with Crippen LogP contribution in [0.4, 0.5) is 0 Å². The molecule has 0 spiro atoms. The summed E-state index contributed by atoms with van der Waals surface area (Å²) in [6.07, 6.45) is 1.37. The van der Waals surface area contributed by atoms with Gasteiger partial charge in [-0.15, -0.1) is 0 Å². The van der Waals surface area contributed by atoms with Crippen LogP contribution in [0.3, 0.4) is 0 Å². The van der Waals surface area contributed by atoms with E-state index in [2.05, 4.69) is 21.8 Å². The highest BCUT2D eigenvalue weighted by Crippen LogP contribution is 2.24. The summed E-state index contributed by atoms with van der Waals surface area (Å²) in [6, 6.07) is 0. The highest BCUT2D eigenvalue weighted by molar-refractivity contribution is 5.74. The molecule has 2 heterocycles. The van der Waals surface area contributed by atoms with Crippen molar-refractivity contribution in [3.63, 3.8) is 0 Å². The first-order valence-electron chi connectivity index (χ1n) is 7.11. The van der Waals surface area contributed by atoms with Crippen molar-refractivity contribution in [3.05, 3.63) is 17.2 Å². The van der Waals surface area contributed by atoms with Crippen molar-refractivity contribution in [2.75, 3.05) is 20.2 Å². The van der Waals surface area contributed by atoms with Crippen LogP contribution >= 0.6 is 0 Å². The van der Waals surface area contributed by atoms with Gasteiger partial charge in [-0.3, -0.25) is 9.69 Å². The van der Waals surface area contributed by atoms with Crippen LogP contribution in [0, 0.1) is 12.8 Å². The van der Waals surface area contributed by atoms with Gasteiger partial charge in [-0.1, -0.05) is 6.92 Å². The monoisotopic (exact) mass is 280 g/mol. The molecule has 1 aromatic heterocycles. The van der Waals surface area contributed by atoms with Crippen molar-refractivity contribution in [2.24, 2.45) is 11.7 Å². The van der Waals surface area contributed by atoms with Gasteiger partial charge >= 0.3 is 0 Å². The average Bonchev–Trinajstić information content (AvgIpc) is 2.93. The van der Waals surface area contributed by atoms with Gasteiger partial charge in [0.2, 0.25) is 5.91 Å². The molecule has 1 aliphatic rings. The Labute approximate surface area is 119 Å². The van der Waals surface area contributed by atoms with Crippen LogP contribution in [-0.2, 0) is 22.5 Å². The van der Waals surface area contributed by atoms with E-state index in [0.717, 1.165) is 43.3 Å². The minimum absolute atomic E-state index is 0.0763. The molecule has 0 radical (unpaired) electrons. The van der Waals surface area contributed by atoms with Gasteiger partial charge in [0.15, 0.2) is 0 Å². The summed E-state index contributed by atoms with van der Waals surface area (Å²) in [6.45, 7) is 6.57. The summed E-state index contributed by atoms with van der Waals surface area (Å²) in [5.74, 6) is 0.944. The molecule has 1 fully saturated rings. The molecule has 6 heteroatoms. The number of aromatic nitrogens is 2. The van der Waals surface area contributed by atoms with Gasteiger partial charge in [-0.25, -0.2) is 4.98 Å². The lowest BCUT2D eigenvalue weighted by molar-refractivity contribution is -0.119. The fraction of sp³-hybridized carbons (Fsp3) is 0.714. The number of nitrogens with one attached hydrogen (secondary N) is 1. The molecule has 20 heavy (non-hydrogen) atoms. The lowest BCUT2D eigenvalue weighted by Crippen LogP contribution is -2.26. The van der Waals surface area contributed by atoms with Crippen LogP contribution in [0.2, 0.25) is 0 Å². The zero-order valence-electron chi connectivity index (χ0n) is 12.5. The summed E-state index contributed by atoms with van der Waals surface area (Å²) in [4.78, 5) is 21.3. The highest BCUT2D eigenvalue weighted by atomic mass is 16.5. The molecule has 6 nitrogen and oxygen atoms in total. The fourth-order valence-corrected chi connectivity index (χ4v) is 2.87. The molecule has 1 aromatic rings. The number of carbonyl (C=O) groups is 1. The van der Waals surface area contributed by atoms with Gasteiger partial charge in [0, 0.05) is 51.2 Å². The number of likely N-dealkylation sites (tertiary alicyclic amines) is 1. The van der Waals surface area contributed by atoms with Gasteiger partial charge < -0.3 is 15.5 Å². The van der Waals surface area contributed by atoms with Gasteiger partial charge in [-0.05, 0) is 6.92 Å². The number of methoxy groups -OCH3 is 1. The summed E-state index contributed by atoms with van der Waals surface area (Å²) >= 11 is 0. The second-order valence-electron chi connectivity index (χ2n) is 5.51. The van der Waals surface area contributed by atoms with Crippen molar-refractivity contribution < 1.29 is 9.53 Å². The Bertz CT molecular complexity index is 472. The van der Waals surface area contributed by atoms with Crippen LogP contribution in [0.25, 0.3) is 0 Å². The second-order valence-corrected chi connectivity index (χ2v) is 5.51. The summed E-state index contributed by atoms with van der Waals surface area (Å²) in [5.41, 5.74) is 7.50. The van der Waals surface area contributed by atoms with E-state index in [4.69, 9.17) is 10.5 Å². The Hall–Kier alpha value is -1.40. The zero-order valence-corrected chi connectivity index (χ0v) is 12.5. The first kappa shape index (κ1) is 15.0. The number of carbonyl (C=O) groups excluding carboxylic acids is 1. The average molecular weight is 280 g/mol. The third-order valence-electron chi connectivity index (χ3n) is 3.97. The molecule has 0 bridgehead atoms. The number of aryl methyl sites for hydroxylation is 2. The number of imidazole rings is 1. The number of hydrogen-bond acceptors (Lipinski definition) is 4. The lowest BCUT2D eigenvalue weighted by atomic mass is 10.0. The smallest absolute Gasteiger partial charge is 0.217 e. The summed E-state index contributed by atoms with van der Waals surface area (Å²) in [7, 11) is 1.69. The van der Waals surface area contributed by atoms with E-state index >= 15 is 0 Å². The van der Waals surface area contributed by atoms with Gasteiger partial charge in [0.05, 0.1) is 11.8 Å². The van der Waals surface area contributed by atoms with E-state index in [1.165, 1.54) is 0 Å². The Morgan fingerprint density at radius 2 is 2.30 bits per heavy atom. The molecule has 2 rings (SSSR count). The predicted molar refractivity (Wildman–Crippen MR) is 76.1 cm³/mol. The third-order valence-corrected chi connectivity index (χ3v) is 3.97. The molecular formula is C14H24N4O2. The zero-order chi connectivity index (χ0) is 14.7. The number of amides is 1. The van der Waals surface area contributed by atoms with E-state index in [1.807, 2.05) is 6.92 Å². The van der Waals surface area contributed by atoms with Crippen LogP contribution in [0.15, 0.2) is 0 Å². The molecule has 0 aliphatic carbocycles. The first-order valence-corrected chi connectivity index (χ1v) is 7.11. The molecule has 1 amide bonds. The van der Waals surface area contributed by atoms with E-state index < -0.39 is 0 Å². The number of H-pyrrole nitrogens is 1. The Morgan fingerprint density at radius 3 is 2.85 bits per heavy atom. The third kappa shape index (κ3) is 3.37. The number of nitrogens with zero attached hydrogens (tertiary/aromatic N) is 2. The van der Waals surface area contributed by atoms with E-state index in [-0.39, 0.29) is 17.9 Å². The van der Waals surface area contributed by atoms with Crippen molar-refractivity contribution in [2.45, 2.75) is 39.3 Å². The van der Waals surface area contributed by atoms with E-state index in [9.17, 15) is 4.79 Å². The largest absolute Gasteiger partial charge is 0.380 e. The Kier molecular flexibility index (Phi) is 4.77. The highest BCUT2D eigenvalue weighted by Gasteiger charge is 2.34. The van der Waals surface area contributed by atoms with Gasteiger partial charge in [0.1, 0.15) is 5.82 Å². The van der Waals surface area contributed by atoms with Crippen molar-refractivity contribution >= 4 is 5.91 Å². The van der Waals surface area contributed by atoms with E-state index in [0.29, 0.717) is 6.42 Å². The Morgan fingerprint density at radius 1 is 1.55 bits per heavy atom. The predicted octanol–water partition coefficient (Wildman–Crippen LogP) is 0.603. The first-order chi connectivity index (χ1) is 9.53. The minimum atomic E-state index is -0.261. The molecule has 0 unspecified atom stereocenters. The molecule has 1 saturated heterocycles. The summed E-state index contributed by atoms with van der Waals surface area (Å²) in [5, 5.41) is 0. The van der Waals surface area contributed by atoms with Crippen molar-refractivity contribution in [1.29, 1.82) is 0 Å². The van der Waals surface area contributed by atoms with Crippen molar-refractivity contribution in [3.8, 4) is 0 Å². The Balaban J connectivity index is 2.00. The standard InChI is InChI=1S/C14H24N4O2/c1-4-14-16-9(2)11(17-14)7-18-6-10(5-13(15)19)12(8-18)20-3/h10,12H,4-8H2,1-3H3,(H2,15,19)(H,16,17)/t10-,12+/m1/s1. The minimum Gasteiger partial charge on any atom is -0.380 e. The maximum atomic E-state index is 11.1. The number of aromatic amines is 1. The molecule has 0 aromatic carbocycles. The molecule has 1 aliphatic heterocycles.